The molecule has 4 rings (SSSR count). The molecular weight excluding hydrogens is 404 g/mol. The van der Waals surface area contributed by atoms with Gasteiger partial charge < -0.3 is 5.73 Å². The van der Waals surface area contributed by atoms with Gasteiger partial charge in [-0.05, 0) is 28.7 Å². The van der Waals surface area contributed by atoms with Gasteiger partial charge in [0.2, 0.25) is 5.91 Å². The number of carbonyl (C=O) groups excluding carboxylic acids is 1. The molecule has 0 spiro atoms. The molecule has 4 aromatic rings. The predicted octanol–water partition coefficient (Wildman–Crippen LogP) is 5.55. The molecule has 3 nitrogen and oxygen atoms in total. The lowest BCUT2D eigenvalue weighted by molar-refractivity contribution is -0.122. The van der Waals surface area contributed by atoms with Crippen molar-refractivity contribution in [3.05, 3.63) is 144 Å². The lowest BCUT2D eigenvalue weighted by Crippen LogP contribution is -2.44. The van der Waals surface area contributed by atoms with Crippen LogP contribution in [-0.4, -0.2) is 17.4 Å². The zero-order valence-electron chi connectivity index (χ0n) is 18.8. The number of carbonyl (C=O) groups is 1. The van der Waals surface area contributed by atoms with Gasteiger partial charge in [-0.25, -0.2) is 0 Å². The average Bonchev–Trinajstić information content (AvgIpc) is 2.87. The van der Waals surface area contributed by atoms with Crippen LogP contribution in [0.15, 0.2) is 121 Å². The largest absolute Gasteiger partial charge is 0.369 e. The number of rotatable bonds is 10. The minimum Gasteiger partial charge on any atom is -0.369 e. The Bertz CT molecular complexity index is 1050. The Kier molecular flexibility index (Phi) is 7.33. The molecule has 0 unspecified atom stereocenters. The van der Waals surface area contributed by atoms with Crippen molar-refractivity contribution >= 4 is 5.91 Å². The highest BCUT2D eigenvalue weighted by atomic mass is 16.1. The minimum atomic E-state index is -0.895. The Balaban J connectivity index is 1.68. The normalized spacial score (nSPS) is 11.4. The first kappa shape index (κ1) is 22.5. The van der Waals surface area contributed by atoms with Crippen LogP contribution in [0.3, 0.4) is 0 Å². The molecule has 0 aliphatic carbocycles. The van der Waals surface area contributed by atoms with Crippen LogP contribution in [0, 0.1) is 0 Å². The van der Waals surface area contributed by atoms with E-state index >= 15 is 0 Å². The van der Waals surface area contributed by atoms with E-state index in [0.29, 0.717) is 6.42 Å². The second kappa shape index (κ2) is 10.8. The third-order valence-corrected chi connectivity index (χ3v) is 6.25. The van der Waals surface area contributed by atoms with Gasteiger partial charge in [-0.15, -0.1) is 0 Å². The van der Waals surface area contributed by atoms with Gasteiger partial charge in [-0.3, -0.25) is 9.69 Å². The second-order valence-corrected chi connectivity index (χ2v) is 8.43. The summed E-state index contributed by atoms with van der Waals surface area (Å²) in [4.78, 5) is 15.6. The van der Waals surface area contributed by atoms with Crippen LogP contribution in [0.1, 0.15) is 28.7 Å². The highest BCUT2D eigenvalue weighted by Crippen LogP contribution is 2.36. The highest BCUT2D eigenvalue weighted by Gasteiger charge is 2.40. The third kappa shape index (κ3) is 5.39. The molecule has 4 aromatic carbocycles. The summed E-state index contributed by atoms with van der Waals surface area (Å²) in [6.07, 6.45) is 0.593. The first-order valence-corrected chi connectivity index (χ1v) is 11.4. The Morgan fingerprint density at radius 1 is 0.606 bits per heavy atom. The quantitative estimate of drug-likeness (QED) is 0.356. The molecular formula is C30H30N2O. The van der Waals surface area contributed by atoms with Gasteiger partial charge in [0, 0.05) is 19.6 Å². The number of hydrogen-bond donors (Lipinski definition) is 1. The maximum absolute atomic E-state index is 13.2. The lowest BCUT2D eigenvalue weighted by atomic mass is 9.71. The highest BCUT2D eigenvalue weighted by molar-refractivity contribution is 5.90. The molecule has 0 fully saturated rings. The van der Waals surface area contributed by atoms with Gasteiger partial charge in [0.05, 0.1) is 5.41 Å². The Morgan fingerprint density at radius 2 is 0.970 bits per heavy atom. The Morgan fingerprint density at radius 3 is 1.33 bits per heavy atom. The summed E-state index contributed by atoms with van der Waals surface area (Å²) < 4.78 is 0. The smallest absolute Gasteiger partial charge is 0.232 e. The van der Waals surface area contributed by atoms with Crippen LogP contribution in [0.4, 0.5) is 0 Å². The molecule has 0 aromatic heterocycles. The SMILES string of the molecule is NC(=O)C(CCN(Cc1ccccc1)Cc1ccccc1)(c1ccccc1)c1ccccc1. The van der Waals surface area contributed by atoms with Crippen molar-refractivity contribution in [3.63, 3.8) is 0 Å². The van der Waals surface area contributed by atoms with Crippen LogP contribution in [0.5, 0.6) is 0 Å². The molecule has 0 heterocycles. The number of hydrogen-bond acceptors (Lipinski definition) is 2. The number of nitrogens with two attached hydrogens (primary N) is 1. The number of benzene rings is 4. The van der Waals surface area contributed by atoms with Crippen molar-refractivity contribution in [1.82, 2.24) is 4.90 Å². The van der Waals surface area contributed by atoms with Crippen LogP contribution in [0.25, 0.3) is 0 Å². The summed E-state index contributed by atoms with van der Waals surface area (Å²) in [6, 6.07) is 40.8. The summed E-state index contributed by atoms with van der Waals surface area (Å²) >= 11 is 0. The van der Waals surface area contributed by atoms with Gasteiger partial charge in [-0.1, -0.05) is 121 Å². The number of nitrogens with zero attached hydrogens (tertiary/aromatic N) is 1. The van der Waals surface area contributed by atoms with E-state index in [9.17, 15) is 4.79 Å². The number of primary amides is 1. The van der Waals surface area contributed by atoms with Crippen molar-refractivity contribution in [2.24, 2.45) is 5.73 Å². The van der Waals surface area contributed by atoms with E-state index in [4.69, 9.17) is 5.73 Å². The standard InChI is InChI=1S/C30H30N2O/c31-29(33)30(27-17-9-3-10-18-27,28-19-11-4-12-20-28)21-22-32(23-25-13-5-1-6-14-25)24-26-15-7-2-8-16-26/h1-20H,21-24H2,(H2,31,33). The number of amides is 1. The molecule has 3 heteroatoms. The average molecular weight is 435 g/mol. The second-order valence-electron chi connectivity index (χ2n) is 8.43. The Hall–Kier alpha value is -3.69. The fraction of sp³-hybridized carbons (Fsp3) is 0.167. The monoisotopic (exact) mass is 434 g/mol. The van der Waals surface area contributed by atoms with E-state index in [-0.39, 0.29) is 5.91 Å². The van der Waals surface area contributed by atoms with E-state index in [2.05, 4.69) is 53.4 Å². The first-order valence-electron chi connectivity index (χ1n) is 11.4. The molecule has 1 amide bonds. The fourth-order valence-electron chi connectivity index (χ4n) is 4.53. The van der Waals surface area contributed by atoms with Crippen LogP contribution in [-0.2, 0) is 23.3 Å². The van der Waals surface area contributed by atoms with Gasteiger partial charge >= 0.3 is 0 Å². The van der Waals surface area contributed by atoms with Crippen molar-refractivity contribution in [2.75, 3.05) is 6.54 Å². The molecule has 0 bridgehead atoms. The summed E-state index contributed by atoms with van der Waals surface area (Å²) in [7, 11) is 0. The molecule has 0 aliphatic heterocycles. The molecule has 0 radical (unpaired) electrons. The zero-order valence-corrected chi connectivity index (χ0v) is 18.8. The van der Waals surface area contributed by atoms with Crippen molar-refractivity contribution < 1.29 is 4.79 Å². The molecule has 33 heavy (non-hydrogen) atoms. The summed E-state index contributed by atoms with van der Waals surface area (Å²) in [5, 5.41) is 0. The Labute approximate surface area is 196 Å². The van der Waals surface area contributed by atoms with Crippen molar-refractivity contribution in [1.29, 1.82) is 0 Å². The molecule has 0 atom stereocenters. The van der Waals surface area contributed by atoms with Crippen LogP contribution < -0.4 is 5.73 Å². The molecule has 0 saturated heterocycles. The maximum Gasteiger partial charge on any atom is 0.232 e. The molecule has 0 saturated carbocycles. The molecule has 2 N–H and O–H groups in total. The van der Waals surface area contributed by atoms with Gasteiger partial charge in [-0.2, -0.15) is 0 Å². The van der Waals surface area contributed by atoms with Crippen molar-refractivity contribution in [3.8, 4) is 0 Å². The topological polar surface area (TPSA) is 46.3 Å². The van der Waals surface area contributed by atoms with Crippen molar-refractivity contribution in [2.45, 2.75) is 24.9 Å². The van der Waals surface area contributed by atoms with Gasteiger partial charge in [0.15, 0.2) is 0 Å². The third-order valence-electron chi connectivity index (χ3n) is 6.25. The summed E-state index contributed by atoms with van der Waals surface area (Å²) in [5.41, 5.74) is 9.64. The van der Waals surface area contributed by atoms with Crippen LogP contribution in [0.2, 0.25) is 0 Å². The lowest BCUT2D eigenvalue weighted by Gasteiger charge is -2.34. The fourth-order valence-corrected chi connectivity index (χ4v) is 4.53. The summed E-state index contributed by atoms with van der Waals surface area (Å²) in [6.45, 7) is 2.32. The van der Waals surface area contributed by atoms with Gasteiger partial charge in [0.25, 0.3) is 0 Å². The molecule has 0 aliphatic rings. The maximum atomic E-state index is 13.2. The van der Waals surface area contributed by atoms with E-state index < -0.39 is 5.41 Å². The summed E-state index contributed by atoms with van der Waals surface area (Å²) in [5.74, 6) is -0.320. The van der Waals surface area contributed by atoms with E-state index in [1.807, 2.05) is 72.8 Å². The first-order chi connectivity index (χ1) is 16.2. The molecule has 166 valence electrons. The van der Waals surface area contributed by atoms with E-state index in [1.54, 1.807) is 0 Å². The van der Waals surface area contributed by atoms with E-state index in [0.717, 1.165) is 30.8 Å². The van der Waals surface area contributed by atoms with E-state index in [1.165, 1.54) is 11.1 Å². The predicted molar refractivity (Wildman–Crippen MR) is 134 cm³/mol. The minimum absolute atomic E-state index is 0.320. The zero-order chi connectivity index (χ0) is 22.9. The van der Waals surface area contributed by atoms with Gasteiger partial charge in [0.1, 0.15) is 0 Å². The van der Waals surface area contributed by atoms with Crippen LogP contribution >= 0.6 is 0 Å².